The fraction of sp³-hybridized carbons (Fsp3) is 0.0556. The molecule has 0 fully saturated rings. The maximum atomic E-state index is 5.88. The van der Waals surface area contributed by atoms with E-state index in [1.165, 1.54) is 11.3 Å². The van der Waals surface area contributed by atoms with E-state index in [0.717, 1.165) is 21.7 Å². The Kier molecular flexibility index (Phi) is 3.62. The number of aromatic nitrogens is 4. The number of rotatable bonds is 4. The van der Waals surface area contributed by atoms with Gasteiger partial charge < -0.3 is 9.15 Å². The minimum absolute atomic E-state index is 0.342. The largest absolute Gasteiger partial charge is 0.486 e. The van der Waals surface area contributed by atoms with Crippen LogP contribution >= 0.6 is 22.9 Å². The molecular formula is C18H11ClN4O2S. The van der Waals surface area contributed by atoms with Crippen molar-refractivity contribution in [2.24, 2.45) is 0 Å². The summed E-state index contributed by atoms with van der Waals surface area (Å²) in [6.07, 6.45) is 0. The van der Waals surface area contributed by atoms with Crippen molar-refractivity contribution in [3.63, 3.8) is 0 Å². The second kappa shape index (κ2) is 6.12. The monoisotopic (exact) mass is 382 g/mol. The van der Waals surface area contributed by atoms with Crippen LogP contribution in [0.5, 0.6) is 5.75 Å². The summed E-state index contributed by atoms with van der Waals surface area (Å²) in [5.74, 6) is 1.94. The van der Waals surface area contributed by atoms with E-state index in [-0.39, 0.29) is 0 Å². The molecule has 0 amide bonds. The zero-order valence-electron chi connectivity index (χ0n) is 13.3. The maximum absolute atomic E-state index is 5.88. The molecule has 0 aliphatic heterocycles. The lowest BCUT2D eigenvalue weighted by Gasteiger charge is -2.02. The molecule has 0 atom stereocenters. The quantitative estimate of drug-likeness (QED) is 0.445. The Hall–Kier alpha value is -2.90. The highest BCUT2D eigenvalue weighted by molar-refractivity contribution is 7.16. The molecule has 3 aromatic heterocycles. The van der Waals surface area contributed by atoms with Crippen LogP contribution in [0.25, 0.3) is 27.5 Å². The van der Waals surface area contributed by atoms with Gasteiger partial charge in [-0.15, -0.1) is 10.2 Å². The number of ether oxygens (including phenoxy) is 1. The first kappa shape index (κ1) is 15.4. The molecule has 0 bridgehead atoms. The topological polar surface area (TPSA) is 65.5 Å². The number of hydrogen-bond acceptors (Lipinski definition) is 6. The molecular weight excluding hydrogens is 372 g/mol. The zero-order chi connectivity index (χ0) is 17.5. The number of hydrogen-bond donors (Lipinski definition) is 0. The second-order valence-electron chi connectivity index (χ2n) is 5.60. The lowest BCUT2D eigenvalue weighted by atomic mass is 10.2. The lowest BCUT2D eigenvalue weighted by Crippen LogP contribution is -1.97. The van der Waals surface area contributed by atoms with E-state index < -0.39 is 0 Å². The Balaban J connectivity index is 1.44. The van der Waals surface area contributed by atoms with Crippen molar-refractivity contribution in [1.29, 1.82) is 0 Å². The van der Waals surface area contributed by atoms with Crippen molar-refractivity contribution in [3.05, 3.63) is 64.6 Å². The molecule has 0 saturated heterocycles. The van der Waals surface area contributed by atoms with Gasteiger partial charge in [-0.25, -0.2) is 0 Å². The lowest BCUT2D eigenvalue weighted by molar-refractivity contribution is 0.304. The van der Waals surface area contributed by atoms with Gasteiger partial charge in [-0.1, -0.05) is 41.1 Å². The molecule has 0 aliphatic carbocycles. The minimum atomic E-state index is 0.342. The van der Waals surface area contributed by atoms with Gasteiger partial charge in [-0.05, 0) is 36.4 Å². The van der Waals surface area contributed by atoms with Crippen molar-refractivity contribution in [2.75, 3.05) is 0 Å². The van der Waals surface area contributed by atoms with Crippen molar-refractivity contribution in [1.82, 2.24) is 19.8 Å². The van der Waals surface area contributed by atoms with E-state index in [4.69, 9.17) is 20.8 Å². The maximum Gasteiger partial charge on any atom is 0.235 e. The standard InChI is InChI=1S/C18H11ClN4O2S/c19-12-5-7-13(8-6-12)24-10-16-22-23-17(20-21-18(23)26-16)15-9-11-3-1-2-4-14(11)25-15/h1-9H,10H2. The van der Waals surface area contributed by atoms with Crippen molar-refractivity contribution >= 4 is 38.9 Å². The van der Waals surface area contributed by atoms with Crippen molar-refractivity contribution in [3.8, 4) is 17.3 Å². The van der Waals surface area contributed by atoms with E-state index in [1.54, 1.807) is 16.6 Å². The van der Waals surface area contributed by atoms with Gasteiger partial charge in [0.1, 0.15) is 17.9 Å². The molecule has 26 heavy (non-hydrogen) atoms. The third kappa shape index (κ3) is 2.71. The van der Waals surface area contributed by atoms with Crippen molar-refractivity contribution in [2.45, 2.75) is 6.61 Å². The van der Waals surface area contributed by atoms with Gasteiger partial charge in [-0.3, -0.25) is 0 Å². The highest BCUT2D eigenvalue weighted by Crippen LogP contribution is 2.28. The fourth-order valence-corrected chi connectivity index (χ4v) is 3.51. The molecule has 6 nitrogen and oxygen atoms in total. The van der Waals surface area contributed by atoms with E-state index in [9.17, 15) is 0 Å². The number of nitrogens with zero attached hydrogens (tertiary/aromatic N) is 4. The Labute approximate surface area is 156 Å². The highest BCUT2D eigenvalue weighted by atomic mass is 35.5. The summed E-state index contributed by atoms with van der Waals surface area (Å²) in [6, 6.07) is 17.0. The van der Waals surface area contributed by atoms with Crippen LogP contribution in [-0.2, 0) is 6.61 Å². The molecule has 5 rings (SSSR count). The summed E-state index contributed by atoms with van der Waals surface area (Å²) < 4.78 is 13.3. The molecule has 0 saturated carbocycles. The summed E-state index contributed by atoms with van der Waals surface area (Å²) in [6.45, 7) is 0.342. The number of fused-ring (bicyclic) bond motifs is 2. The zero-order valence-corrected chi connectivity index (χ0v) is 14.9. The molecule has 2 aromatic carbocycles. The number of halogens is 1. The molecule has 0 aliphatic rings. The summed E-state index contributed by atoms with van der Waals surface area (Å²) in [4.78, 5) is 0.690. The van der Waals surface area contributed by atoms with Gasteiger partial charge in [0.2, 0.25) is 10.8 Å². The summed E-state index contributed by atoms with van der Waals surface area (Å²) in [5, 5.41) is 15.4. The molecule has 128 valence electrons. The average molecular weight is 383 g/mol. The first-order valence-electron chi connectivity index (χ1n) is 7.85. The second-order valence-corrected chi connectivity index (χ2v) is 7.08. The predicted molar refractivity (Wildman–Crippen MR) is 99.7 cm³/mol. The minimum Gasteiger partial charge on any atom is -0.486 e. The number of benzene rings is 2. The van der Waals surface area contributed by atoms with Crippen LogP contribution in [0.4, 0.5) is 0 Å². The van der Waals surface area contributed by atoms with E-state index in [2.05, 4.69) is 15.3 Å². The van der Waals surface area contributed by atoms with Crippen LogP contribution in [0, 0.1) is 0 Å². The Morgan fingerprint density at radius 1 is 1.08 bits per heavy atom. The average Bonchev–Trinajstić information content (AvgIpc) is 3.34. The van der Waals surface area contributed by atoms with Gasteiger partial charge >= 0.3 is 0 Å². The first-order valence-corrected chi connectivity index (χ1v) is 9.04. The smallest absolute Gasteiger partial charge is 0.235 e. The Morgan fingerprint density at radius 3 is 2.77 bits per heavy atom. The van der Waals surface area contributed by atoms with Gasteiger partial charge in [0.25, 0.3) is 0 Å². The van der Waals surface area contributed by atoms with Crippen LogP contribution < -0.4 is 4.74 Å². The number of furan rings is 1. The number of para-hydroxylation sites is 1. The van der Waals surface area contributed by atoms with Crippen molar-refractivity contribution < 1.29 is 9.15 Å². The molecule has 3 heterocycles. The van der Waals surface area contributed by atoms with Crippen LogP contribution in [0.3, 0.4) is 0 Å². The molecule has 0 spiro atoms. The third-order valence-electron chi connectivity index (χ3n) is 3.85. The van der Waals surface area contributed by atoms with E-state index in [1.807, 2.05) is 42.5 Å². The van der Waals surface area contributed by atoms with Crippen LogP contribution in [-0.4, -0.2) is 19.8 Å². The third-order valence-corrected chi connectivity index (χ3v) is 4.98. The Bertz CT molecular complexity index is 1180. The van der Waals surface area contributed by atoms with Crippen LogP contribution in [0.15, 0.2) is 59.0 Å². The van der Waals surface area contributed by atoms with Gasteiger partial charge in [0.05, 0.1) is 0 Å². The Morgan fingerprint density at radius 2 is 1.92 bits per heavy atom. The van der Waals surface area contributed by atoms with Gasteiger partial charge in [0, 0.05) is 10.4 Å². The highest BCUT2D eigenvalue weighted by Gasteiger charge is 2.17. The predicted octanol–water partition coefficient (Wildman–Crippen LogP) is 4.83. The molecule has 0 radical (unpaired) electrons. The summed E-state index contributed by atoms with van der Waals surface area (Å²) in [5.41, 5.74) is 0.806. The van der Waals surface area contributed by atoms with E-state index >= 15 is 0 Å². The molecule has 8 heteroatoms. The first-order chi connectivity index (χ1) is 12.8. The summed E-state index contributed by atoms with van der Waals surface area (Å²) >= 11 is 7.31. The normalized spacial score (nSPS) is 11.4. The van der Waals surface area contributed by atoms with E-state index in [0.29, 0.717) is 28.2 Å². The van der Waals surface area contributed by atoms with Crippen LogP contribution in [0.1, 0.15) is 5.01 Å². The summed E-state index contributed by atoms with van der Waals surface area (Å²) in [7, 11) is 0. The molecule has 0 N–H and O–H groups in total. The fourth-order valence-electron chi connectivity index (χ4n) is 2.64. The molecule has 0 unspecified atom stereocenters. The SMILES string of the molecule is Clc1ccc(OCc2nn3c(-c4cc5ccccc5o4)nnc3s2)cc1. The van der Waals surface area contributed by atoms with Gasteiger partial charge in [0.15, 0.2) is 10.8 Å². The van der Waals surface area contributed by atoms with Crippen LogP contribution in [0.2, 0.25) is 5.02 Å². The molecule has 5 aromatic rings. The van der Waals surface area contributed by atoms with Gasteiger partial charge in [-0.2, -0.15) is 9.61 Å².